The predicted octanol–water partition coefficient (Wildman–Crippen LogP) is 1.63. The highest BCUT2D eigenvalue weighted by atomic mass is 19.1. The van der Waals surface area contributed by atoms with E-state index in [-0.39, 0.29) is 18.2 Å². The average molecular weight is 197 g/mol. The highest BCUT2D eigenvalue weighted by Crippen LogP contribution is 2.05. The highest BCUT2D eigenvalue weighted by molar-refractivity contribution is 5.71. The van der Waals surface area contributed by atoms with Crippen LogP contribution in [-0.2, 0) is 16.0 Å². The lowest BCUT2D eigenvalue weighted by atomic mass is 10.2. The molecule has 0 unspecified atom stereocenters. The first kappa shape index (κ1) is 10.6. The van der Waals surface area contributed by atoms with Crippen molar-refractivity contribution in [3.8, 4) is 0 Å². The van der Waals surface area contributed by atoms with E-state index in [4.69, 9.17) is 4.74 Å². The molecule has 0 aliphatic rings. The Morgan fingerprint density at radius 2 is 2.29 bits per heavy atom. The SMILES string of the molecule is CCOC(=O)Cc1cc(F)cc(C)n1. The van der Waals surface area contributed by atoms with Gasteiger partial charge >= 0.3 is 5.97 Å². The van der Waals surface area contributed by atoms with Gasteiger partial charge in [0.05, 0.1) is 18.7 Å². The van der Waals surface area contributed by atoms with Crippen LogP contribution in [0.15, 0.2) is 12.1 Å². The van der Waals surface area contributed by atoms with Gasteiger partial charge in [0.25, 0.3) is 0 Å². The van der Waals surface area contributed by atoms with Gasteiger partial charge < -0.3 is 4.74 Å². The number of carbonyl (C=O) groups is 1. The lowest BCUT2D eigenvalue weighted by Crippen LogP contribution is -2.09. The molecule has 1 aromatic heterocycles. The second-order valence-corrected chi connectivity index (χ2v) is 2.90. The molecule has 0 saturated carbocycles. The van der Waals surface area contributed by atoms with Crippen LogP contribution in [0.4, 0.5) is 4.39 Å². The van der Waals surface area contributed by atoms with Crippen LogP contribution in [0, 0.1) is 12.7 Å². The molecule has 0 N–H and O–H groups in total. The molecule has 1 aromatic rings. The number of aromatic nitrogens is 1. The van der Waals surface area contributed by atoms with Gasteiger partial charge in [0.15, 0.2) is 0 Å². The molecule has 1 rings (SSSR count). The first-order valence-corrected chi connectivity index (χ1v) is 4.40. The molecule has 76 valence electrons. The Balaban J connectivity index is 2.71. The monoisotopic (exact) mass is 197 g/mol. The van der Waals surface area contributed by atoms with Gasteiger partial charge in [-0.15, -0.1) is 0 Å². The molecule has 4 heteroatoms. The third kappa shape index (κ3) is 3.12. The number of ether oxygens (including phenoxy) is 1. The maximum absolute atomic E-state index is 12.9. The number of nitrogens with zero attached hydrogens (tertiary/aromatic N) is 1. The molecule has 3 nitrogen and oxygen atoms in total. The number of pyridine rings is 1. The summed E-state index contributed by atoms with van der Waals surface area (Å²) in [5.74, 6) is -0.762. The van der Waals surface area contributed by atoms with E-state index >= 15 is 0 Å². The molecule has 0 saturated heterocycles. The first-order valence-electron chi connectivity index (χ1n) is 4.40. The van der Waals surface area contributed by atoms with Crippen LogP contribution in [0.1, 0.15) is 18.3 Å². The zero-order valence-corrected chi connectivity index (χ0v) is 8.21. The Morgan fingerprint density at radius 1 is 1.57 bits per heavy atom. The molecule has 14 heavy (non-hydrogen) atoms. The first-order chi connectivity index (χ1) is 6.61. The third-order valence-electron chi connectivity index (χ3n) is 1.60. The van der Waals surface area contributed by atoms with Crippen LogP contribution in [0.3, 0.4) is 0 Å². The fourth-order valence-corrected chi connectivity index (χ4v) is 1.14. The lowest BCUT2D eigenvalue weighted by molar-refractivity contribution is -0.142. The van der Waals surface area contributed by atoms with E-state index in [1.165, 1.54) is 12.1 Å². The maximum atomic E-state index is 12.9. The van der Waals surface area contributed by atoms with Crippen molar-refractivity contribution in [1.82, 2.24) is 4.98 Å². The van der Waals surface area contributed by atoms with E-state index in [1.807, 2.05) is 0 Å². The van der Waals surface area contributed by atoms with E-state index in [1.54, 1.807) is 13.8 Å². The topological polar surface area (TPSA) is 39.2 Å². The van der Waals surface area contributed by atoms with Gasteiger partial charge in [-0.05, 0) is 26.0 Å². The largest absolute Gasteiger partial charge is 0.466 e. The van der Waals surface area contributed by atoms with Crippen molar-refractivity contribution in [3.63, 3.8) is 0 Å². The van der Waals surface area contributed by atoms with E-state index in [9.17, 15) is 9.18 Å². The number of esters is 1. The summed E-state index contributed by atoms with van der Waals surface area (Å²) in [7, 11) is 0. The molecule has 0 aliphatic heterocycles. The van der Waals surface area contributed by atoms with Crippen LogP contribution in [0.2, 0.25) is 0 Å². The number of hydrogen-bond acceptors (Lipinski definition) is 3. The quantitative estimate of drug-likeness (QED) is 0.691. The minimum absolute atomic E-state index is 0.0203. The average Bonchev–Trinajstić information content (AvgIpc) is 2.01. The number of rotatable bonds is 3. The highest BCUT2D eigenvalue weighted by Gasteiger charge is 2.06. The van der Waals surface area contributed by atoms with Gasteiger partial charge in [0, 0.05) is 5.69 Å². The fraction of sp³-hybridized carbons (Fsp3) is 0.400. The molecule has 0 radical (unpaired) electrons. The zero-order chi connectivity index (χ0) is 10.6. The Labute approximate surface area is 81.9 Å². The smallest absolute Gasteiger partial charge is 0.311 e. The van der Waals surface area contributed by atoms with Gasteiger partial charge in [0.1, 0.15) is 5.82 Å². The van der Waals surface area contributed by atoms with Gasteiger partial charge in [-0.3, -0.25) is 9.78 Å². The van der Waals surface area contributed by atoms with Gasteiger partial charge in [-0.1, -0.05) is 0 Å². The summed E-state index contributed by atoms with van der Waals surface area (Å²) in [5.41, 5.74) is 0.963. The molecule has 0 fully saturated rings. The van der Waals surface area contributed by atoms with Gasteiger partial charge in [-0.2, -0.15) is 0 Å². The minimum Gasteiger partial charge on any atom is -0.466 e. The summed E-state index contributed by atoms with van der Waals surface area (Å²) < 4.78 is 17.6. The zero-order valence-electron chi connectivity index (χ0n) is 8.21. The molecule has 1 heterocycles. The number of hydrogen-bond donors (Lipinski definition) is 0. The summed E-state index contributed by atoms with van der Waals surface area (Å²) in [4.78, 5) is 15.1. The molecule has 0 spiro atoms. The van der Waals surface area contributed by atoms with Crippen molar-refractivity contribution in [2.75, 3.05) is 6.61 Å². The van der Waals surface area contributed by atoms with Crippen molar-refractivity contribution in [2.45, 2.75) is 20.3 Å². The molecule has 0 atom stereocenters. The number of aryl methyl sites for hydroxylation is 1. The van der Waals surface area contributed by atoms with Crippen molar-refractivity contribution in [2.24, 2.45) is 0 Å². The molecule has 0 aliphatic carbocycles. The summed E-state index contributed by atoms with van der Waals surface area (Å²) >= 11 is 0. The normalized spacial score (nSPS) is 9.93. The summed E-state index contributed by atoms with van der Waals surface area (Å²) in [6.07, 6.45) is 0.0203. The summed E-state index contributed by atoms with van der Waals surface area (Å²) in [6, 6.07) is 2.55. The van der Waals surface area contributed by atoms with Crippen LogP contribution in [0.25, 0.3) is 0 Å². The van der Waals surface area contributed by atoms with E-state index in [0.29, 0.717) is 18.0 Å². The van der Waals surface area contributed by atoms with Crippen LogP contribution in [0.5, 0.6) is 0 Å². The van der Waals surface area contributed by atoms with E-state index in [2.05, 4.69) is 4.98 Å². The maximum Gasteiger partial charge on any atom is 0.311 e. The molecular formula is C10H12FNO2. The Kier molecular flexibility index (Phi) is 3.56. The molecular weight excluding hydrogens is 185 g/mol. The predicted molar refractivity (Wildman–Crippen MR) is 49.3 cm³/mol. The van der Waals surface area contributed by atoms with Gasteiger partial charge in [-0.25, -0.2) is 4.39 Å². The molecule has 0 bridgehead atoms. The van der Waals surface area contributed by atoms with Crippen molar-refractivity contribution < 1.29 is 13.9 Å². The van der Waals surface area contributed by atoms with Crippen LogP contribution in [-0.4, -0.2) is 17.6 Å². The van der Waals surface area contributed by atoms with E-state index < -0.39 is 0 Å². The second-order valence-electron chi connectivity index (χ2n) is 2.90. The fourth-order valence-electron chi connectivity index (χ4n) is 1.14. The number of halogens is 1. The third-order valence-corrected chi connectivity index (χ3v) is 1.60. The van der Waals surface area contributed by atoms with E-state index in [0.717, 1.165) is 0 Å². The molecule has 0 amide bonds. The Morgan fingerprint density at radius 3 is 2.86 bits per heavy atom. The standard InChI is InChI=1S/C10H12FNO2/c1-3-14-10(13)6-9-5-8(11)4-7(2)12-9/h4-5H,3,6H2,1-2H3. The summed E-state index contributed by atoms with van der Waals surface area (Å²) in [6.45, 7) is 3.73. The van der Waals surface area contributed by atoms with Crippen LogP contribution < -0.4 is 0 Å². The van der Waals surface area contributed by atoms with Crippen LogP contribution >= 0.6 is 0 Å². The van der Waals surface area contributed by atoms with Crippen molar-refractivity contribution in [3.05, 3.63) is 29.3 Å². The Hall–Kier alpha value is -1.45. The van der Waals surface area contributed by atoms with Crippen molar-refractivity contribution in [1.29, 1.82) is 0 Å². The van der Waals surface area contributed by atoms with Gasteiger partial charge in [0.2, 0.25) is 0 Å². The second kappa shape index (κ2) is 4.69. The lowest BCUT2D eigenvalue weighted by Gasteiger charge is -2.02. The Bertz CT molecular complexity index is 319. The minimum atomic E-state index is -0.384. The summed E-state index contributed by atoms with van der Waals surface area (Å²) in [5, 5.41) is 0. The number of carbonyl (C=O) groups excluding carboxylic acids is 1. The molecule has 0 aromatic carbocycles. The van der Waals surface area contributed by atoms with Crippen molar-refractivity contribution >= 4 is 5.97 Å².